The fourth-order valence-electron chi connectivity index (χ4n) is 3.08. The smallest absolute Gasteiger partial charge is 0.234 e. The summed E-state index contributed by atoms with van der Waals surface area (Å²) in [6, 6.07) is 25.1. The van der Waals surface area contributed by atoms with Crippen molar-refractivity contribution in [2.24, 2.45) is 0 Å². The molecule has 0 aliphatic carbocycles. The number of hydrogen-bond donors (Lipinski definition) is 2. The second kappa shape index (κ2) is 9.40. The highest BCUT2D eigenvalue weighted by molar-refractivity contribution is 7.99. The number of carbonyl (C=O) groups excluding carboxylic acids is 2. The number of carbonyl (C=O) groups is 2. The lowest BCUT2D eigenvalue weighted by Gasteiger charge is -2.07. The van der Waals surface area contributed by atoms with Crippen LogP contribution < -0.4 is 10.6 Å². The molecule has 6 nitrogen and oxygen atoms in total. The van der Waals surface area contributed by atoms with Crippen LogP contribution in [0.2, 0.25) is 0 Å². The number of hydrogen-bond acceptors (Lipinski definition) is 5. The molecule has 0 aliphatic rings. The van der Waals surface area contributed by atoms with Gasteiger partial charge in [0, 0.05) is 23.9 Å². The van der Waals surface area contributed by atoms with Gasteiger partial charge in [-0.1, -0.05) is 48.2 Å². The first kappa shape index (κ1) is 20.6. The van der Waals surface area contributed by atoms with Crippen LogP contribution in [0.15, 0.2) is 83.9 Å². The second-order valence-corrected chi connectivity index (χ2v) is 7.91. The highest BCUT2D eigenvalue weighted by atomic mass is 32.2. The molecule has 1 aromatic heterocycles. The molecule has 0 fully saturated rings. The Bertz CT molecular complexity index is 1220. The van der Waals surface area contributed by atoms with E-state index in [1.807, 2.05) is 30.3 Å². The van der Waals surface area contributed by atoms with E-state index in [1.165, 1.54) is 24.1 Å². The summed E-state index contributed by atoms with van der Waals surface area (Å²) in [7, 11) is 0. The number of aromatic nitrogens is 2. The van der Waals surface area contributed by atoms with E-state index in [2.05, 4.69) is 45.1 Å². The highest BCUT2D eigenvalue weighted by Crippen LogP contribution is 2.24. The van der Waals surface area contributed by atoms with E-state index in [-0.39, 0.29) is 17.6 Å². The third kappa shape index (κ3) is 5.46. The molecule has 0 bridgehead atoms. The largest absolute Gasteiger partial charge is 0.326 e. The Labute approximate surface area is 184 Å². The molecule has 0 unspecified atom stereocenters. The number of amides is 2. The van der Waals surface area contributed by atoms with Gasteiger partial charge in [-0.25, -0.2) is 0 Å². The van der Waals surface area contributed by atoms with Crippen LogP contribution >= 0.6 is 11.8 Å². The van der Waals surface area contributed by atoms with Crippen molar-refractivity contribution in [1.29, 1.82) is 0 Å². The lowest BCUT2D eigenvalue weighted by molar-refractivity contribution is -0.114. The molecular formula is C24H20N4O2S. The number of nitrogens with one attached hydrogen (secondary N) is 2. The van der Waals surface area contributed by atoms with Crippen LogP contribution in [0.1, 0.15) is 6.92 Å². The van der Waals surface area contributed by atoms with E-state index in [0.29, 0.717) is 16.4 Å². The van der Waals surface area contributed by atoms with E-state index in [1.54, 1.807) is 24.3 Å². The van der Waals surface area contributed by atoms with Gasteiger partial charge in [-0.15, -0.1) is 10.2 Å². The first-order chi connectivity index (χ1) is 15.1. The maximum Gasteiger partial charge on any atom is 0.234 e. The summed E-state index contributed by atoms with van der Waals surface area (Å²) in [5.74, 6) is -0.0594. The van der Waals surface area contributed by atoms with Crippen LogP contribution in [0.25, 0.3) is 22.0 Å². The van der Waals surface area contributed by atoms with Crippen molar-refractivity contribution in [2.75, 3.05) is 16.4 Å². The van der Waals surface area contributed by atoms with E-state index in [0.717, 1.165) is 16.6 Å². The number of rotatable bonds is 6. The first-order valence-electron chi connectivity index (χ1n) is 9.70. The van der Waals surface area contributed by atoms with Gasteiger partial charge in [-0.2, -0.15) is 0 Å². The molecule has 2 N–H and O–H groups in total. The van der Waals surface area contributed by atoms with E-state index in [9.17, 15) is 9.59 Å². The minimum absolute atomic E-state index is 0.138. The molecule has 4 aromatic rings. The molecule has 31 heavy (non-hydrogen) atoms. The molecule has 0 aliphatic heterocycles. The van der Waals surface area contributed by atoms with Crippen LogP contribution in [0.5, 0.6) is 0 Å². The van der Waals surface area contributed by atoms with Gasteiger partial charge in [0.2, 0.25) is 11.8 Å². The molecule has 2 amide bonds. The summed E-state index contributed by atoms with van der Waals surface area (Å²) in [6.07, 6.45) is 0. The van der Waals surface area contributed by atoms with E-state index >= 15 is 0 Å². The predicted molar refractivity (Wildman–Crippen MR) is 125 cm³/mol. The molecule has 4 rings (SSSR count). The van der Waals surface area contributed by atoms with Crippen molar-refractivity contribution >= 4 is 45.7 Å². The maximum absolute atomic E-state index is 12.2. The number of anilines is 2. The third-order valence-corrected chi connectivity index (χ3v) is 5.45. The van der Waals surface area contributed by atoms with Gasteiger partial charge in [0.1, 0.15) is 5.03 Å². The summed E-state index contributed by atoms with van der Waals surface area (Å²) in [5.41, 5.74) is 3.14. The molecule has 0 saturated carbocycles. The Balaban J connectivity index is 1.33. The zero-order chi connectivity index (χ0) is 21.6. The monoisotopic (exact) mass is 428 g/mol. The molecule has 1 heterocycles. The SMILES string of the molecule is CC(=O)Nc1ccc(NC(=O)CSc2ccc(-c3ccc4ccccc4c3)nn2)cc1. The third-order valence-electron chi connectivity index (χ3n) is 4.53. The molecule has 154 valence electrons. The Kier molecular flexibility index (Phi) is 6.24. The molecule has 0 saturated heterocycles. The van der Waals surface area contributed by atoms with Gasteiger partial charge < -0.3 is 10.6 Å². The zero-order valence-electron chi connectivity index (χ0n) is 16.8. The summed E-state index contributed by atoms with van der Waals surface area (Å²) in [6.45, 7) is 1.45. The Morgan fingerprint density at radius 2 is 1.52 bits per heavy atom. The Morgan fingerprint density at radius 1 is 0.806 bits per heavy atom. The molecule has 0 atom stereocenters. The number of fused-ring (bicyclic) bond motifs is 1. The van der Waals surface area contributed by atoms with Gasteiger partial charge in [0.25, 0.3) is 0 Å². The van der Waals surface area contributed by atoms with Crippen molar-refractivity contribution in [3.63, 3.8) is 0 Å². The van der Waals surface area contributed by atoms with Crippen LogP contribution in [0, 0.1) is 0 Å². The maximum atomic E-state index is 12.2. The van der Waals surface area contributed by atoms with Crippen LogP contribution in [-0.2, 0) is 9.59 Å². The fraction of sp³-hybridized carbons (Fsp3) is 0.0833. The quantitative estimate of drug-likeness (QED) is 0.423. The molecule has 0 radical (unpaired) electrons. The summed E-state index contributed by atoms with van der Waals surface area (Å²) < 4.78 is 0. The topological polar surface area (TPSA) is 84.0 Å². The lowest BCUT2D eigenvalue weighted by atomic mass is 10.1. The standard InChI is InChI=1S/C24H20N4O2S/c1-16(29)25-20-8-10-21(11-9-20)26-23(30)15-31-24-13-12-22(27-28-24)19-7-6-17-4-2-3-5-18(17)14-19/h2-14H,15H2,1H3,(H,25,29)(H,26,30). The van der Waals surface area contributed by atoms with Crippen molar-refractivity contribution < 1.29 is 9.59 Å². The van der Waals surface area contributed by atoms with Crippen LogP contribution in [0.3, 0.4) is 0 Å². The van der Waals surface area contributed by atoms with E-state index < -0.39 is 0 Å². The predicted octanol–water partition coefficient (Wildman–Crippen LogP) is 4.99. The molecule has 3 aromatic carbocycles. The van der Waals surface area contributed by atoms with Crippen LogP contribution in [0.4, 0.5) is 11.4 Å². The fourth-order valence-corrected chi connectivity index (χ4v) is 3.69. The minimum atomic E-state index is -0.141. The Hall–Kier alpha value is -3.71. The summed E-state index contributed by atoms with van der Waals surface area (Å²) in [4.78, 5) is 23.3. The Morgan fingerprint density at radius 3 is 2.19 bits per heavy atom. The zero-order valence-corrected chi connectivity index (χ0v) is 17.6. The normalized spacial score (nSPS) is 10.6. The minimum Gasteiger partial charge on any atom is -0.326 e. The second-order valence-electron chi connectivity index (χ2n) is 6.91. The van der Waals surface area contributed by atoms with Crippen molar-refractivity contribution in [3.8, 4) is 11.3 Å². The van der Waals surface area contributed by atoms with Gasteiger partial charge in [-0.3, -0.25) is 9.59 Å². The molecule has 0 spiro atoms. The van der Waals surface area contributed by atoms with Gasteiger partial charge >= 0.3 is 0 Å². The van der Waals surface area contributed by atoms with Crippen molar-refractivity contribution in [1.82, 2.24) is 10.2 Å². The number of thioether (sulfide) groups is 1. The average Bonchev–Trinajstić information content (AvgIpc) is 2.79. The summed E-state index contributed by atoms with van der Waals surface area (Å²) in [5, 5.41) is 17.1. The lowest BCUT2D eigenvalue weighted by Crippen LogP contribution is -2.14. The van der Waals surface area contributed by atoms with Gasteiger partial charge in [-0.05, 0) is 53.2 Å². The first-order valence-corrected chi connectivity index (χ1v) is 10.7. The number of nitrogens with zero attached hydrogens (tertiary/aromatic N) is 2. The highest BCUT2D eigenvalue weighted by Gasteiger charge is 2.07. The van der Waals surface area contributed by atoms with Crippen molar-refractivity contribution in [2.45, 2.75) is 11.9 Å². The molecule has 7 heteroatoms. The summed E-state index contributed by atoms with van der Waals surface area (Å²) >= 11 is 1.32. The van der Waals surface area contributed by atoms with Gasteiger partial charge in [0.05, 0.1) is 11.4 Å². The molecular weight excluding hydrogens is 408 g/mol. The van der Waals surface area contributed by atoms with Gasteiger partial charge in [0.15, 0.2) is 0 Å². The number of benzene rings is 3. The van der Waals surface area contributed by atoms with Crippen LogP contribution in [-0.4, -0.2) is 27.8 Å². The average molecular weight is 429 g/mol. The van der Waals surface area contributed by atoms with Crippen molar-refractivity contribution in [3.05, 3.63) is 78.9 Å². The van der Waals surface area contributed by atoms with E-state index in [4.69, 9.17) is 0 Å².